The normalized spacial score (nSPS) is 9.67. The number of nitrogens with two attached hydrogens (primary N) is 1. The number of aromatic nitrogens is 1. The second-order valence-electron chi connectivity index (χ2n) is 2.38. The van der Waals surface area contributed by atoms with E-state index < -0.39 is 11.5 Å². The molecule has 5 heteroatoms. The molecule has 1 heterocycles. The summed E-state index contributed by atoms with van der Waals surface area (Å²) in [5.74, 6) is -0.807. The minimum Gasteiger partial charge on any atom is -0.495 e. The van der Waals surface area contributed by atoms with Crippen LogP contribution in [0.2, 0.25) is 0 Å². The molecule has 0 aliphatic rings. The van der Waals surface area contributed by atoms with Crippen LogP contribution in [-0.2, 0) is 11.2 Å². The maximum atomic E-state index is 10.7. The van der Waals surface area contributed by atoms with Crippen LogP contribution in [-0.4, -0.2) is 16.0 Å². The molecule has 1 rings (SSSR count). The standard InChI is InChI=1S/C7H8N2O3/c8-5(10)1-4-2-6(11)9-7(12)3-4/h2-3H,1H2,(H2,8,10)(H2,9,11,12). The Morgan fingerprint density at radius 1 is 1.58 bits per heavy atom. The zero-order chi connectivity index (χ0) is 9.14. The number of pyridine rings is 1. The molecule has 0 fully saturated rings. The summed E-state index contributed by atoms with van der Waals surface area (Å²) < 4.78 is 0. The quantitative estimate of drug-likeness (QED) is 0.534. The van der Waals surface area contributed by atoms with Gasteiger partial charge < -0.3 is 10.8 Å². The van der Waals surface area contributed by atoms with Gasteiger partial charge in [0.05, 0.1) is 6.42 Å². The summed E-state index contributed by atoms with van der Waals surface area (Å²) in [6, 6.07) is 2.50. The Balaban J connectivity index is 3.01. The van der Waals surface area contributed by atoms with Crippen molar-refractivity contribution in [3.63, 3.8) is 0 Å². The minimum absolute atomic E-state index is 0.0442. The van der Waals surface area contributed by atoms with Gasteiger partial charge in [0.1, 0.15) is 0 Å². The minimum atomic E-state index is -0.542. The van der Waals surface area contributed by atoms with E-state index in [4.69, 9.17) is 10.8 Å². The molecule has 0 bridgehead atoms. The van der Waals surface area contributed by atoms with Crippen LogP contribution in [0, 0.1) is 0 Å². The lowest BCUT2D eigenvalue weighted by Crippen LogP contribution is -2.15. The van der Waals surface area contributed by atoms with Crippen molar-refractivity contribution in [1.29, 1.82) is 0 Å². The Morgan fingerprint density at radius 3 is 2.75 bits per heavy atom. The molecule has 1 aromatic heterocycles. The third-order valence-corrected chi connectivity index (χ3v) is 1.27. The SMILES string of the molecule is NC(=O)Cc1cc(O)[nH]c(=O)c1. The molecule has 0 unspecified atom stereocenters. The zero-order valence-corrected chi connectivity index (χ0v) is 6.20. The predicted octanol–water partition coefficient (Wildman–Crippen LogP) is -0.892. The van der Waals surface area contributed by atoms with Crippen molar-refractivity contribution in [2.75, 3.05) is 0 Å². The van der Waals surface area contributed by atoms with Crippen molar-refractivity contribution in [2.45, 2.75) is 6.42 Å². The summed E-state index contributed by atoms with van der Waals surface area (Å²) in [5, 5.41) is 8.90. The number of amides is 1. The van der Waals surface area contributed by atoms with Crippen molar-refractivity contribution in [3.05, 3.63) is 28.0 Å². The first kappa shape index (κ1) is 8.32. The smallest absolute Gasteiger partial charge is 0.250 e. The highest BCUT2D eigenvalue weighted by atomic mass is 16.3. The maximum absolute atomic E-state index is 10.7. The summed E-state index contributed by atoms with van der Waals surface area (Å²) >= 11 is 0. The van der Waals surface area contributed by atoms with Crippen LogP contribution in [0.4, 0.5) is 0 Å². The van der Waals surface area contributed by atoms with Gasteiger partial charge >= 0.3 is 0 Å². The summed E-state index contributed by atoms with van der Waals surface area (Å²) in [6.45, 7) is 0. The van der Waals surface area contributed by atoms with Crippen LogP contribution in [0.3, 0.4) is 0 Å². The largest absolute Gasteiger partial charge is 0.495 e. The van der Waals surface area contributed by atoms with E-state index in [2.05, 4.69) is 4.98 Å². The number of primary amides is 1. The molecular weight excluding hydrogens is 160 g/mol. The zero-order valence-electron chi connectivity index (χ0n) is 6.20. The summed E-state index contributed by atoms with van der Waals surface area (Å²) in [4.78, 5) is 23.3. The fraction of sp³-hybridized carbons (Fsp3) is 0.143. The molecule has 1 amide bonds. The molecule has 12 heavy (non-hydrogen) atoms. The first-order valence-corrected chi connectivity index (χ1v) is 3.28. The molecule has 5 nitrogen and oxygen atoms in total. The summed E-state index contributed by atoms with van der Waals surface area (Å²) in [6.07, 6.45) is -0.0442. The summed E-state index contributed by atoms with van der Waals surface area (Å²) in [7, 11) is 0. The Morgan fingerprint density at radius 2 is 2.25 bits per heavy atom. The van der Waals surface area contributed by atoms with Gasteiger partial charge in [0.15, 0.2) is 5.88 Å². The van der Waals surface area contributed by atoms with E-state index in [1.54, 1.807) is 0 Å². The molecule has 0 aromatic carbocycles. The number of aromatic amines is 1. The average molecular weight is 168 g/mol. The van der Waals surface area contributed by atoms with Gasteiger partial charge in [0, 0.05) is 12.1 Å². The molecule has 0 atom stereocenters. The second-order valence-corrected chi connectivity index (χ2v) is 2.38. The van der Waals surface area contributed by atoms with Crippen molar-refractivity contribution in [3.8, 4) is 5.88 Å². The average Bonchev–Trinajstić information content (AvgIpc) is 1.81. The number of nitrogens with one attached hydrogen (secondary N) is 1. The number of hydrogen-bond donors (Lipinski definition) is 3. The van der Waals surface area contributed by atoms with E-state index in [1.807, 2.05) is 0 Å². The monoisotopic (exact) mass is 168 g/mol. The van der Waals surface area contributed by atoms with Gasteiger partial charge in [-0.15, -0.1) is 0 Å². The van der Waals surface area contributed by atoms with Crippen LogP contribution >= 0.6 is 0 Å². The molecule has 64 valence electrons. The van der Waals surface area contributed by atoms with E-state index in [1.165, 1.54) is 12.1 Å². The molecule has 0 radical (unpaired) electrons. The molecular formula is C7H8N2O3. The molecule has 0 aliphatic carbocycles. The molecule has 0 saturated carbocycles. The van der Waals surface area contributed by atoms with Crippen molar-refractivity contribution < 1.29 is 9.90 Å². The lowest BCUT2D eigenvalue weighted by Gasteiger charge is -1.96. The van der Waals surface area contributed by atoms with E-state index >= 15 is 0 Å². The van der Waals surface area contributed by atoms with Crippen molar-refractivity contribution in [2.24, 2.45) is 5.73 Å². The van der Waals surface area contributed by atoms with E-state index in [0.717, 1.165) is 0 Å². The predicted molar refractivity (Wildman–Crippen MR) is 41.6 cm³/mol. The first-order valence-electron chi connectivity index (χ1n) is 3.28. The van der Waals surface area contributed by atoms with Gasteiger partial charge in [-0.3, -0.25) is 14.6 Å². The third kappa shape index (κ3) is 2.12. The van der Waals surface area contributed by atoms with E-state index in [0.29, 0.717) is 5.56 Å². The van der Waals surface area contributed by atoms with Gasteiger partial charge in [-0.2, -0.15) is 0 Å². The maximum Gasteiger partial charge on any atom is 0.250 e. The lowest BCUT2D eigenvalue weighted by atomic mass is 10.2. The highest BCUT2D eigenvalue weighted by molar-refractivity contribution is 5.76. The molecule has 0 aliphatic heterocycles. The second kappa shape index (κ2) is 3.08. The lowest BCUT2D eigenvalue weighted by molar-refractivity contribution is -0.117. The number of hydrogen-bond acceptors (Lipinski definition) is 3. The van der Waals surface area contributed by atoms with Crippen LogP contribution in [0.1, 0.15) is 5.56 Å². The van der Waals surface area contributed by atoms with Gasteiger partial charge in [0.2, 0.25) is 5.91 Å². The molecule has 4 N–H and O–H groups in total. The van der Waals surface area contributed by atoms with Crippen molar-refractivity contribution in [1.82, 2.24) is 4.98 Å². The van der Waals surface area contributed by atoms with Gasteiger partial charge in [-0.1, -0.05) is 0 Å². The van der Waals surface area contributed by atoms with Gasteiger partial charge in [-0.05, 0) is 5.56 Å². The fourth-order valence-corrected chi connectivity index (χ4v) is 0.887. The van der Waals surface area contributed by atoms with Crippen LogP contribution in [0.25, 0.3) is 0 Å². The Labute approximate surface area is 67.8 Å². The summed E-state index contributed by atoms with van der Waals surface area (Å²) in [5.41, 5.74) is 4.85. The Hall–Kier alpha value is -1.78. The van der Waals surface area contributed by atoms with Gasteiger partial charge in [-0.25, -0.2) is 0 Å². The van der Waals surface area contributed by atoms with Crippen LogP contribution in [0.5, 0.6) is 5.88 Å². The Kier molecular flexibility index (Phi) is 2.14. The highest BCUT2D eigenvalue weighted by Gasteiger charge is 2.00. The van der Waals surface area contributed by atoms with Crippen LogP contribution < -0.4 is 11.3 Å². The number of rotatable bonds is 2. The molecule has 1 aromatic rings. The number of aromatic hydroxyl groups is 1. The van der Waals surface area contributed by atoms with Crippen molar-refractivity contribution >= 4 is 5.91 Å². The highest BCUT2D eigenvalue weighted by Crippen LogP contribution is 2.03. The number of carbonyl (C=O) groups is 1. The number of H-pyrrole nitrogens is 1. The Bertz CT molecular complexity index is 356. The van der Waals surface area contributed by atoms with Crippen LogP contribution in [0.15, 0.2) is 16.9 Å². The molecule has 0 saturated heterocycles. The van der Waals surface area contributed by atoms with E-state index in [-0.39, 0.29) is 12.3 Å². The topological polar surface area (TPSA) is 96.2 Å². The van der Waals surface area contributed by atoms with Gasteiger partial charge in [0.25, 0.3) is 5.56 Å². The molecule has 0 spiro atoms. The van der Waals surface area contributed by atoms with E-state index in [9.17, 15) is 9.59 Å². The number of carbonyl (C=O) groups excluding carboxylic acids is 1. The first-order chi connectivity index (χ1) is 5.58. The third-order valence-electron chi connectivity index (χ3n) is 1.27. The fourth-order valence-electron chi connectivity index (χ4n) is 0.887.